The third-order valence-corrected chi connectivity index (χ3v) is 5.32. The maximum Gasteiger partial charge on any atom is 0.266 e. The van der Waals surface area contributed by atoms with Gasteiger partial charge in [-0.3, -0.25) is 19.1 Å². The Morgan fingerprint density at radius 1 is 1.03 bits per heavy atom. The van der Waals surface area contributed by atoms with Crippen LogP contribution >= 0.6 is 11.6 Å². The molecule has 3 amide bonds. The van der Waals surface area contributed by atoms with E-state index in [1.807, 2.05) is 0 Å². The van der Waals surface area contributed by atoms with E-state index in [0.29, 0.717) is 38.9 Å². The van der Waals surface area contributed by atoms with Crippen molar-refractivity contribution in [3.63, 3.8) is 0 Å². The molecule has 0 aliphatic carbocycles. The van der Waals surface area contributed by atoms with Crippen LogP contribution < -0.4 is 10.2 Å². The minimum Gasteiger partial charge on any atom is -0.324 e. The molecular weight excluding hydrogens is 392 g/mol. The van der Waals surface area contributed by atoms with Gasteiger partial charge >= 0.3 is 0 Å². The van der Waals surface area contributed by atoms with Crippen molar-refractivity contribution in [1.82, 2.24) is 9.78 Å². The first-order chi connectivity index (χ1) is 13.9. The summed E-state index contributed by atoms with van der Waals surface area (Å²) < 4.78 is 1.53. The van der Waals surface area contributed by atoms with E-state index in [1.165, 1.54) is 4.68 Å². The van der Waals surface area contributed by atoms with Crippen LogP contribution in [0.2, 0.25) is 5.02 Å². The lowest BCUT2D eigenvalue weighted by atomic mass is 10.1. The maximum absolute atomic E-state index is 12.6. The number of amides is 3. The summed E-state index contributed by atoms with van der Waals surface area (Å²) in [6.45, 7) is 3.56. The number of carbonyl (C=O) groups excluding carboxylic acids is 3. The van der Waals surface area contributed by atoms with Gasteiger partial charge in [-0.15, -0.1) is 0 Å². The van der Waals surface area contributed by atoms with Crippen molar-refractivity contribution in [3.05, 3.63) is 76.1 Å². The maximum atomic E-state index is 12.6. The number of halogens is 1. The number of aryl methyl sites for hydroxylation is 1. The molecule has 29 heavy (non-hydrogen) atoms. The zero-order valence-corrected chi connectivity index (χ0v) is 16.5. The summed E-state index contributed by atoms with van der Waals surface area (Å²) in [5.74, 6) is -1.07. The molecular formula is C21H17ClN4O3. The van der Waals surface area contributed by atoms with Crippen LogP contribution in [0.4, 0.5) is 11.4 Å². The molecule has 0 fully saturated rings. The van der Waals surface area contributed by atoms with Crippen LogP contribution in [0, 0.1) is 13.8 Å². The molecule has 0 saturated heterocycles. The molecule has 1 aliphatic rings. The van der Waals surface area contributed by atoms with Crippen molar-refractivity contribution in [2.45, 2.75) is 20.4 Å². The number of benzene rings is 2. The van der Waals surface area contributed by atoms with Gasteiger partial charge in [0.15, 0.2) is 0 Å². The second kappa shape index (κ2) is 7.18. The number of imide groups is 1. The first-order valence-corrected chi connectivity index (χ1v) is 9.32. The van der Waals surface area contributed by atoms with Crippen LogP contribution in [0.15, 0.2) is 48.5 Å². The molecule has 0 bridgehead atoms. The zero-order valence-electron chi connectivity index (χ0n) is 15.8. The van der Waals surface area contributed by atoms with E-state index in [-0.39, 0.29) is 24.3 Å². The van der Waals surface area contributed by atoms with Gasteiger partial charge in [-0.2, -0.15) is 5.10 Å². The van der Waals surface area contributed by atoms with Gasteiger partial charge in [0.05, 0.1) is 33.2 Å². The second-order valence-corrected chi connectivity index (χ2v) is 7.11. The second-order valence-electron chi connectivity index (χ2n) is 6.73. The lowest BCUT2D eigenvalue weighted by Crippen LogP contribution is -2.29. The molecule has 146 valence electrons. The van der Waals surface area contributed by atoms with Gasteiger partial charge < -0.3 is 5.32 Å². The number of nitrogens with zero attached hydrogens (tertiary/aromatic N) is 3. The fraction of sp³-hybridized carbons (Fsp3) is 0.143. The standard InChI is InChI=1S/C21H17ClN4O3/c1-12-19(22)13(2)25(24-12)11-18(27)23-14-6-5-7-15(10-14)26-20(28)16-8-3-4-9-17(16)21(26)29/h3-10H,11H2,1-2H3,(H,23,27). The Hall–Kier alpha value is -3.45. The van der Waals surface area contributed by atoms with Gasteiger partial charge in [-0.05, 0) is 44.2 Å². The Labute approximate surface area is 171 Å². The lowest BCUT2D eigenvalue weighted by Gasteiger charge is -2.15. The highest BCUT2D eigenvalue weighted by molar-refractivity contribution is 6.34. The quantitative estimate of drug-likeness (QED) is 0.668. The molecule has 1 aliphatic heterocycles. The molecule has 0 radical (unpaired) electrons. The Kier molecular flexibility index (Phi) is 4.68. The summed E-state index contributed by atoms with van der Waals surface area (Å²) in [4.78, 5) is 38.8. The molecule has 1 aromatic heterocycles. The molecule has 3 aromatic rings. The predicted octanol–water partition coefficient (Wildman–Crippen LogP) is 3.59. The molecule has 0 saturated carbocycles. The van der Waals surface area contributed by atoms with Crippen LogP contribution in [0.1, 0.15) is 32.1 Å². The normalized spacial score (nSPS) is 13.0. The highest BCUT2D eigenvalue weighted by Crippen LogP contribution is 2.29. The van der Waals surface area contributed by atoms with Crippen molar-refractivity contribution < 1.29 is 14.4 Å². The van der Waals surface area contributed by atoms with E-state index in [2.05, 4.69) is 10.4 Å². The van der Waals surface area contributed by atoms with E-state index >= 15 is 0 Å². The van der Waals surface area contributed by atoms with Crippen LogP contribution in [-0.2, 0) is 11.3 Å². The topological polar surface area (TPSA) is 84.3 Å². The summed E-state index contributed by atoms with van der Waals surface area (Å²) in [6.07, 6.45) is 0. The number of hydrogen-bond donors (Lipinski definition) is 1. The minimum atomic E-state index is -0.383. The molecule has 2 aromatic carbocycles. The number of aromatic nitrogens is 2. The molecule has 0 unspecified atom stereocenters. The Morgan fingerprint density at radius 2 is 1.69 bits per heavy atom. The van der Waals surface area contributed by atoms with Crippen LogP contribution in [0.25, 0.3) is 0 Å². The SMILES string of the molecule is Cc1nn(CC(=O)Nc2cccc(N3C(=O)c4ccccc4C3=O)c2)c(C)c1Cl. The molecule has 7 nitrogen and oxygen atoms in total. The average Bonchev–Trinajstić information content (AvgIpc) is 3.10. The first kappa shape index (κ1) is 18.9. The predicted molar refractivity (Wildman–Crippen MR) is 109 cm³/mol. The third-order valence-electron chi connectivity index (χ3n) is 4.77. The smallest absolute Gasteiger partial charge is 0.266 e. The van der Waals surface area contributed by atoms with Gasteiger partial charge in [-0.1, -0.05) is 29.8 Å². The van der Waals surface area contributed by atoms with Gasteiger partial charge in [0.2, 0.25) is 5.91 Å². The summed E-state index contributed by atoms with van der Waals surface area (Å²) >= 11 is 6.12. The van der Waals surface area contributed by atoms with Crippen LogP contribution in [0.3, 0.4) is 0 Å². The van der Waals surface area contributed by atoms with Crippen molar-refractivity contribution in [1.29, 1.82) is 0 Å². The van der Waals surface area contributed by atoms with E-state index in [4.69, 9.17) is 11.6 Å². The van der Waals surface area contributed by atoms with Crippen molar-refractivity contribution in [2.75, 3.05) is 10.2 Å². The lowest BCUT2D eigenvalue weighted by molar-refractivity contribution is -0.116. The molecule has 0 atom stereocenters. The van der Waals surface area contributed by atoms with Gasteiger partial charge in [0.25, 0.3) is 11.8 Å². The van der Waals surface area contributed by atoms with Crippen molar-refractivity contribution in [2.24, 2.45) is 0 Å². The number of hydrogen-bond acceptors (Lipinski definition) is 4. The monoisotopic (exact) mass is 408 g/mol. The Balaban J connectivity index is 1.54. The summed E-state index contributed by atoms with van der Waals surface area (Å²) in [7, 11) is 0. The third kappa shape index (κ3) is 3.30. The fourth-order valence-electron chi connectivity index (χ4n) is 3.31. The van der Waals surface area contributed by atoms with E-state index in [9.17, 15) is 14.4 Å². The highest BCUT2D eigenvalue weighted by Gasteiger charge is 2.36. The summed E-state index contributed by atoms with van der Waals surface area (Å²) in [6, 6.07) is 13.3. The molecule has 1 N–H and O–H groups in total. The number of rotatable bonds is 4. The van der Waals surface area contributed by atoms with Crippen molar-refractivity contribution >= 4 is 40.7 Å². The molecule has 8 heteroatoms. The van der Waals surface area contributed by atoms with Gasteiger partial charge in [-0.25, -0.2) is 4.90 Å². The fourth-order valence-corrected chi connectivity index (χ4v) is 3.45. The molecule has 2 heterocycles. The largest absolute Gasteiger partial charge is 0.324 e. The number of carbonyl (C=O) groups is 3. The molecule has 4 rings (SSSR count). The summed E-state index contributed by atoms with van der Waals surface area (Å²) in [5.41, 5.74) is 2.96. The van der Waals surface area contributed by atoms with E-state index < -0.39 is 0 Å². The number of fused-ring (bicyclic) bond motifs is 1. The molecule has 0 spiro atoms. The Bertz CT molecular complexity index is 1130. The Morgan fingerprint density at radius 3 is 2.28 bits per heavy atom. The number of anilines is 2. The number of nitrogens with one attached hydrogen (secondary N) is 1. The average molecular weight is 409 g/mol. The zero-order chi connectivity index (χ0) is 20.7. The van der Waals surface area contributed by atoms with Crippen LogP contribution in [0.5, 0.6) is 0 Å². The van der Waals surface area contributed by atoms with E-state index in [0.717, 1.165) is 4.90 Å². The van der Waals surface area contributed by atoms with Crippen LogP contribution in [-0.4, -0.2) is 27.5 Å². The van der Waals surface area contributed by atoms with Gasteiger partial charge in [0, 0.05) is 5.69 Å². The minimum absolute atomic E-state index is 0.00334. The summed E-state index contributed by atoms with van der Waals surface area (Å²) in [5, 5.41) is 7.54. The van der Waals surface area contributed by atoms with Crippen molar-refractivity contribution in [3.8, 4) is 0 Å². The van der Waals surface area contributed by atoms with Gasteiger partial charge in [0.1, 0.15) is 6.54 Å². The highest BCUT2D eigenvalue weighted by atomic mass is 35.5. The first-order valence-electron chi connectivity index (χ1n) is 8.94. The van der Waals surface area contributed by atoms with E-state index in [1.54, 1.807) is 62.4 Å².